The first kappa shape index (κ1) is 17.1. The molecule has 0 aliphatic heterocycles. The summed E-state index contributed by atoms with van der Waals surface area (Å²) < 4.78 is 15.0. The quantitative estimate of drug-likeness (QED) is 0.891. The second-order valence-electron chi connectivity index (χ2n) is 4.69. The van der Waals surface area contributed by atoms with Crippen molar-refractivity contribution in [2.45, 2.75) is 25.8 Å². The molecule has 0 saturated heterocycles. The van der Waals surface area contributed by atoms with Gasteiger partial charge in [-0.2, -0.15) is 5.10 Å². The second kappa shape index (κ2) is 7.75. The van der Waals surface area contributed by atoms with E-state index in [1.807, 2.05) is 6.92 Å². The summed E-state index contributed by atoms with van der Waals surface area (Å²) in [5, 5.41) is 6.74. The van der Waals surface area contributed by atoms with Crippen LogP contribution in [-0.4, -0.2) is 21.7 Å². The van der Waals surface area contributed by atoms with E-state index in [2.05, 4.69) is 10.4 Å². The van der Waals surface area contributed by atoms with Gasteiger partial charge in [-0.3, -0.25) is 4.79 Å². The van der Waals surface area contributed by atoms with Crippen molar-refractivity contribution >= 4 is 24.0 Å². The van der Waals surface area contributed by atoms with E-state index in [4.69, 9.17) is 5.73 Å². The van der Waals surface area contributed by atoms with Crippen LogP contribution >= 0.6 is 12.4 Å². The first-order chi connectivity index (χ1) is 9.56. The van der Waals surface area contributed by atoms with Crippen molar-refractivity contribution in [3.8, 4) is 5.69 Å². The Morgan fingerprint density at radius 3 is 2.86 bits per heavy atom. The SMILES string of the molecule is CC(N)CCC(=O)Nc1cnn(-c2ccccc2F)c1.Cl. The molecule has 114 valence electrons. The molecule has 0 bridgehead atoms. The third-order valence-electron chi connectivity index (χ3n) is 2.79. The molecule has 0 aliphatic carbocycles. The Morgan fingerprint density at radius 2 is 2.19 bits per heavy atom. The van der Waals surface area contributed by atoms with Crippen molar-refractivity contribution in [3.05, 3.63) is 42.5 Å². The minimum atomic E-state index is -0.370. The van der Waals surface area contributed by atoms with Crippen LogP contribution < -0.4 is 11.1 Å². The van der Waals surface area contributed by atoms with Gasteiger partial charge in [0.25, 0.3) is 0 Å². The lowest BCUT2D eigenvalue weighted by atomic mass is 10.2. The Morgan fingerprint density at radius 1 is 1.48 bits per heavy atom. The molecule has 1 unspecified atom stereocenters. The topological polar surface area (TPSA) is 72.9 Å². The first-order valence-electron chi connectivity index (χ1n) is 6.41. The Balaban J connectivity index is 0.00000220. The zero-order chi connectivity index (χ0) is 14.5. The average molecular weight is 313 g/mol. The summed E-state index contributed by atoms with van der Waals surface area (Å²) in [5.74, 6) is -0.499. The van der Waals surface area contributed by atoms with Crippen LogP contribution in [0.2, 0.25) is 0 Å². The van der Waals surface area contributed by atoms with Crippen LogP contribution in [0.25, 0.3) is 5.69 Å². The lowest BCUT2D eigenvalue weighted by Crippen LogP contribution is -2.19. The molecule has 0 saturated carbocycles. The maximum atomic E-state index is 13.6. The van der Waals surface area contributed by atoms with E-state index in [-0.39, 0.29) is 30.2 Å². The lowest BCUT2D eigenvalue weighted by Gasteiger charge is -2.05. The number of nitrogens with zero attached hydrogens (tertiary/aromatic N) is 2. The summed E-state index contributed by atoms with van der Waals surface area (Å²) in [4.78, 5) is 11.7. The van der Waals surface area contributed by atoms with E-state index in [0.717, 1.165) is 0 Å². The number of halogens is 2. The van der Waals surface area contributed by atoms with Crippen molar-refractivity contribution in [2.75, 3.05) is 5.32 Å². The van der Waals surface area contributed by atoms with E-state index in [0.29, 0.717) is 24.2 Å². The van der Waals surface area contributed by atoms with Gasteiger partial charge >= 0.3 is 0 Å². The molecule has 2 rings (SSSR count). The Bertz CT molecular complexity index is 600. The normalized spacial score (nSPS) is 11.6. The van der Waals surface area contributed by atoms with Gasteiger partial charge < -0.3 is 11.1 Å². The molecule has 1 amide bonds. The molecule has 3 N–H and O–H groups in total. The molecule has 21 heavy (non-hydrogen) atoms. The summed E-state index contributed by atoms with van der Waals surface area (Å²) in [7, 11) is 0. The Labute approximate surface area is 128 Å². The zero-order valence-electron chi connectivity index (χ0n) is 11.6. The summed E-state index contributed by atoms with van der Waals surface area (Å²) in [6.07, 6.45) is 4.02. The Kier molecular flexibility index (Phi) is 6.33. The highest BCUT2D eigenvalue weighted by molar-refractivity contribution is 5.90. The highest BCUT2D eigenvalue weighted by Gasteiger charge is 2.08. The summed E-state index contributed by atoms with van der Waals surface area (Å²) >= 11 is 0. The van der Waals surface area contributed by atoms with Crippen LogP contribution in [0, 0.1) is 5.82 Å². The molecule has 5 nitrogen and oxygen atoms in total. The fraction of sp³-hybridized carbons (Fsp3) is 0.286. The average Bonchev–Trinajstić information content (AvgIpc) is 2.85. The number of hydrogen-bond donors (Lipinski definition) is 2. The van der Waals surface area contributed by atoms with Crippen LogP contribution in [-0.2, 0) is 4.79 Å². The van der Waals surface area contributed by atoms with E-state index in [1.54, 1.807) is 24.4 Å². The highest BCUT2D eigenvalue weighted by atomic mass is 35.5. The third kappa shape index (κ3) is 4.84. The van der Waals surface area contributed by atoms with Gasteiger partial charge in [0, 0.05) is 12.5 Å². The van der Waals surface area contributed by atoms with Gasteiger partial charge in [-0.05, 0) is 25.5 Å². The van der Waals surface area contributed by atoms with Crippen LogP contribution in [0.4, 0.5) is 10.1 Å². The van der Waals surface area contributed by atoms with Gasteiger partial charge in [0.05, 0.1) is 18.1 Å². The smallest absolute Gasteiger partial charge is 0.224 e. The van der Waals surface area contributed by atoms with Crippen LogP contribution in [0.3, 0.4) is 0 Å². The van der Waals surface area contributed by atoms with E-state index >= 15 is 0 Å². The fourth-order valence-electron chi connectivity index (χ4n) is 1.74. The predicted molar refractivity (Wildman–Crippen MR) is 82.3 cm³/mol. The largest absolute Gasteiger partial charge is 0.328 e. The second-order valence-corrected chi connectivity index (χ2v) is 4.69. The van der Waals surface area contributed by atoms with Crippen LogP contribution in [0.5, 0.6) is 0 Å². The number of nitrogens with two attached hydrogens (primary N) is 1. The van der Waals surface area contributed by atoms with Gasteiger partial charge in [-0.25, -0.2) is 9.07 Å². The number of rotatable bonds is 5. The molecule has 0 spiro atoms. The van der Waals surface area contributed by atoms with Gasteiger partial charge in [0.15, 0.2) is 0 Å². The molecule has 7 heteroatoms. The number of amides is 1. The van der Waals surface area contributed by atoms with Gasteiger partial charge in [-0.1, -0.05) is 12.1 Å². The molecule has 1 aromatic heterocycles. The number of carbonyl (C=O) groups is 1. The molecule has 1 atom stereocenters. The van der Waals surface area contributed by atoms with Crippen molar-refractivity contribution in [1.29, 1.82) is 0 Å². The number of benzene rings is 1. The highest BCUT2D eigenvalue weighted by Crippen LogP contribution is 2.15. The number of carbonyl (C=O) groups excluding carboxylic acids is 1. The number of hydrogen-bond acceptors (Lipinski definition) is 3. The first-order valence-corrected chi connectivity index (χ1v) is 6.41. The zero-order valence-corrected chi connectivity index (χ0v) is 12.4. The molecule has 2 aromatic rings. The molecule has 1 aromatic carbocycles. The predicted octanol–water partition coefficient (Wildman–Crippen LogP) is 2.50. The molecular formula is C14H18ClFN4O. The van der Waals surface area contributed by atoms with Crippen molar-refractivity contribution in [3.63, 3.8) is 0 Å². The van der Waals surface area contributed by atoms with Crippen LogP contribution in [0.15, 0.2) is 36.7 Å². The number of aromatic nitrogens is 2. The van der Waals surface area contributed by atoms with Gasteiger partial charge in [-0.15, -0.1) is 12.4 Å². The van der Waals surface area contributed by atoms with Gasteiger partial charge in [0.2, 0.25) is 5.91 Å². The number of nitrogens with one attached hydrogen (secondary N) is 1. The van der Waals surface area contributed by atoms with E-state index in [9.17, 15) is 9.18 Å². The number of anilines is 1. The Hall–Kier alpha value is -1.92. The van der Waals surface area contributed by atoms with Gasteiger partial charge in [0.1, 0.15) is 11.5 Å². The molecule has 0 fully saturated rings. The van der Waals surface area contributed by atoms with Crippen LogP contribution in [0.1, 0.15) is 19.8 Å². The standard InChI is InChI=1S/C14H17FN4O.ClH/c1-10(16)6-7-14(20)18-11-8-17-19(9-11)13-5-3-2-4-12(13)15;/h2-5,8-10H,6-7,16H2,1H3,(H,18,20);1H. The third-order valence-corrected chi connectivity index (χ3v) is 2.79. The fourth-order valence-corrected chi connectivity index (χ4v) is 1.74. The molecule has 0 radical (unpaired) electrons. The maximum Gasteiger partial charge on any atom is 0.224 e. The van der Waals surface area contributed by atoms with E-state index in [1.165, 1.54) is 16.9 Å². The van der Waals surface area contributed by atoms with Crippen molar-refractivity contribution < 1.29 is 9.18 Å². The molecule has 1 heterocycles. The minimum absolute atomic E-state index is 0. The minimum Gasteiger partial charge on any atom is -0.328 e. The van der Waals surface area contributed by atoms with Crippen molar-refractivity contribution in [1.82, 2.24) is 9.78 Å². The van der Waals surface area contributed by atoms with Crippen molar-refractivity contribution in [2.24, 2.45) is 5.73 Å². The lowest BCUT2D eigenvalue weighted by molar-refractivity contribution is -0.116. The summed E-state index contributed by atoms with van der Waals surface area (Å²) in [5.41, 5.74) is 6.46. The van der Waals surface area contributed by atoms with E-state index < -0.39 is 0 Å². The summed E-state index contributed by atoms with van der Waals surface area (Å²) in [6.45, 7) is 1.85. The maximum absolute atomic E-state index is 13.6. The monoisotopic (exact) mass is 312 g/mol. The molecule has 0 aliphatic rings. The summed E-state index contributed by atoms with van der Waals surface area (Å²) in [6, 6.07) is 6.30. The number of para-hydroxylation sites is 1. The molecular weight excluding hydrogens is 295 g/mol.